The lowest BCUT2D eigenvalue weighted by Gasteiger charge is -2.04. The average molecular weight is 324 g/mol. The Labute approximate surface area is 111 Å². The highest BCUT2D eigenvalue weighted by atomic mass is 79.9. The number of ether oxygens (including phenoxy) is 1. The number of hydrogen-bond acceptors (Lipinski definition) is 4. The smallest absolute Gasteiger partial charge is 0.370 e. The molecule has 0 radical (unpaired) electrons. The van der Waals surface area contributed by atoms with Crippen LogP contribution in [0.3, 0.4) is 0 Å². The molecule has 0 aliphatic heterocycles. The van der Waals surface area contributed by atoms with Crippen molar-refractivity contribution in [2.45, 2.75) is 6.92 Å². The molecule has 0 heterocycles. The number of esters is 1. The zero-order valence-electron chi connectivity index (χ0n) is 8.84. The molecule has 0 atom stereocenters. The molecule has 1 aromatic carbocycles. The molecule has 0 saturated carbocycles. The molecule has 0 saturated heterocycles. The number of hydrazone groups is 1. The Balaban J connectivity index is 2.72. The van der Waals surface area contributed by atoms with Crippen LogP contribution >= 0.6 is 27.5 Å². The van der Waals surface area contributed by atoms with Gasteiger partial charge in [0.2, 0.25) is 5.17 Å². The standard InChI is InChI=1S/C10H9BrClFN2O2/c1-2-17-10(16)9(12)15-14-8-4-3-6(13)5-7(8)11/h3-5,14H,2H2,1H3. The highest BCUT2D eigenvalue weighted by Gasteiger charge is 2.09. The van der Waals surface area contributed by atoms with Gasteiger partial charge in [-0.2, -0.15) is 5.10 Å². The van der Waals surface area contributed by atoms with Crippen LogP contribution in [-0.2, 0) is 9.53 Å². The van der Waals surface area contributed by atoms with E-state index in [2.05, 4.69) is 31.2 Å². The van der Waals surface area contributed by atoms with E-state index < -0.39 is 5.97 Å². The van der Waals surface area contributed by atoms with Crippen molar-refractivity contribution < 1.29 is 13.9 Å². The number of carbonyl (C=O) groups is 1. The molecule has 4 nitrogen and oxygen atoms in total. The molecular formula is C10H9BrClFN2O2. The lowest BCUT2D eigenvalue weighted by molar-refractivity contribution is -0.134. The van der Waals surface area contributed by atoms with Gasteiger partial charge in [-0.1, -0.05) is 11.6 Å². The summed E-state index contributed by atoms with van der Waals surface area (Å²) in [6.45, 7) is 1.87. The Bertz CT molecular complexity index is 454. The summed E-state index contributed by atoms with van der Waals surface area (Å²) < 4.78 is 17.9. The second-order valence-electron chi connectivity index (χ2n) is 2.86. The monoisotopic (exact) mass is 322 g/mol. The fourth-order valence-electron chi connectivity index (χ4n) is 0.926. The van der Waals surface area contributed by atoms with Gasteiger partial charge in [0.15, 0.2) is 0 Å². The summed E-state index contributed by atoms with van der Waals surface area (Å²) in [4.78, 5) is 11.1. The Morgan fingerprint density at radius 2 is 2.35 bits per heavy atom. The van der Waals surface area contributed by atoms with Crippen LogP contribution in [0.1, 0.15) is 6.92 Å². The van der Waals surface area contributed by atoms with Crippen molar-refractivity contribution in [2.75, 3.05) is 12.0 Å². The van der Waals surface area contributed by atoms with E-state index in [4.69, 9.17) is 11.6 Å². The molecule has 92 valence electrons. The lowest BCUT2D eigenvalue weighted by Crippen LogP contribution is -2.13. The normalized spacial score (nSPS) is 11.2. The predicted octanol–water partition coefficient (Wildman–Crippen LogP) is 3.12. The first-order chi connectivity index (χ1) is 8.04. The Hall–Kier alpha value is -1.14. The van der Waals surface area contributed by atoms with Crippen molar-refractivity contribution in [3.8, 4) is 0 Å². The van der Waals surface area contributed by atoms with Crippen LogP contribution < -0.4 is 5.43 Å². The number of nitrogens with zero attached hydrogens (tertiary/aromatic N) is 1. The van der Waals surface area contributed by atoms with E-state index in [1.165, 1.54) is 18.2 Å². The first kappa shape index (κ1) is 13.9. The van der Waals surface area contributed by atoms with Gasteiger partial charge in [0.25, 0.3) is 0 Å². The van der Waals surface area contributed by atoms with E-state index >= 15 is 0 Å². The number of carbonyl (C=O) groups excluding carboxylic acids is 1. The fourth-order valence-corrected chi connectivity index (χ4v) is 1.46. The molecule has 1 N–H and O–H groups in total. The van der Waals surface area contributed by atoms with Crippen LogP contribution in [0.5, 0.6) is 0 Å². The van der Waals surface area contributed by atoms with E-state index in [0.717, 1.165) is 0 Å². The van der Waals surface area contributed by atoms with E-state index in [1.54, 1.807) is 6.92 Å². The third-order valence-electron chi connectivity index (χ3n) is 1.65. The maximum Gasteiger partial charge on any atom is 0.370 e. The van der Waals surface area contributed by atoms with E-state index in [9.17, 15) is 9.18 Å². The second kappa shape index (κ2) is 6.56. The van der Waals surface area contributed by atoms with Crippen molar-refractivity contribution in [1.29, 1.82) is 0 Å². The van der Waals surface area contributed by atoms with Crippen LogP contribution in [0.15, 0.2) is 27.8 Å². The lowest BCUT2D eigenvalue weighted by atomic mass is 10.3. The molecule has 0 aliphatic rings. The molecule has 7 heteroatoms. The zero-order chi connectivity index (χ0) is 12.8. The quantitative estimate of drug-likeness (QED) is 0.526. The molecule has 0 aromatic heterocycles. The molecule has 17 heavy (non-hydrogen) atoms. The molecule has 1 aromatic rings. The van der Waals surface area contributed by atoms with Gasteiger partial charge in [-0.3, -0.25) is 5.43 Å². The average Bonchev–Trinajstić information content (AvgIpc) is 2.27. The minimum atomic E-state index is -0.722. The highest BCUT2D eigenvalue weighted by Crippen LogP contribution is 2.23. The fraction of sp³-hybridized carbons (Fsp3) is 0.200. The Kier molecular flexibility index (Phi) is 5.37. The van der Waals surface area contributed by atoms with Gasteiger partial charge >= 0.3 is 5.97 Å². The van der Waals surface area contributed by atoms with Crippen LogP contribution in [0.25, 0.3) is 0 Å². The van der Waals surface area contributed by atoms with E-state index in [-0.39, 0.29) is 17.6 Å². The maximum absolute atomic E-state index is 12.8. The summed E-state index contributed by atoms with van der Waals surface area (Å²) in [7, 11) is 0. The molecule has 0 unspecified atom stereocenters. The van der Waals surface area contributed by atoms with Gasteiger partial charge in [-0.15, -0.1) is 0 Å². The zero-order valence-corrected chi connectivity index (χ0v) is 11.2. The molecule has 0 spiro atoms. The first-order valence-electron chi connectivity index (χ1n) is 4.66. The molecular weight excluding hydrogens is 314 g/mol. The molecule has 0 aliphatic carbocycles. The van der Waals surface area contributed by atoms with Gasteiger partial charge in [0, 0.05) is 4.47 Å². The molecule has 1 rings (SSSR count). The van der Waals surface area contributed by atoms with Gasteiger partial charge in [-0.05, 0) is 41.1 Å². The number of hydrogen-bond donors (Lipinski definition) is 1. The SMILES string of the molecule is CCOC(=O)C(Cl)=NNc1ccc(F)cc1Br. The number of rotatable bonds is 4. The van der Waals surface area contributed by atoms with Gasteiger partial charge in [0.05, 0.1) is 12.3 Å². The van der Waals surface area contributed by atoms with Crippen LogP contribution in [-0.4, -0.2) is 17.7 Å². The predicted molar refractivity (Wildman–Crippen MR) is 67.6 cm³/mol. The summed E-state index contributed by atoms with van der Waals surface area (Å²) in [6, 6.07) is 3.97. The van der Waals surface area contributed by atoms with Crippen molar-refractivity contribution in [3.05, 3.63) is 28.5 Å². The van der Waals surface area contributed by atoms with E-state index in [1.807, 2.05) is 0 Å². The summed E-state index contributed by atoms with van der Waals surface area (Å²) in [5.41, 5.74) is 3.00. The molecule has 0 fully saturated rings. The Morgan fingerprint density at radius 1 is 1.65 bits per heavy atom. The molecule has 0 bridgehead atoms. The summed E-state index contributed by atoms with van der Waals surface area (Å²) in [6.07, 6.45) is 0. The number of anilines is 1. The number of nitrogens with one attached hydrogen (secondary N) is 1. The second-order valence-corrected chi connectivity index (χ2v) is 4.07. The summed E-state index contributed by atoms with van der Waals surface area (Å²) in [5, 5.41) is 3.28. The van der Waals surface area contributed by atoms with Crippen LogP contribution in [0, 0.1) is 5.82 Å². The minimum Gasteiger partial charge on any atom is -0.461 e. The number of halogens is 3. The van der Waals surface area contributed by atoms with Crippen molar-refractivity contribution >= 4 is 44.4 Å². The summed E-state index contributed by atoms with van der Waals surface area (Å²) >= 11 is 8.70. The van der Waals surface area contributed by atoms with Gasteiger partial charge < -0.3 is 4.74 Å². The molecule has 0 amide bonds. The number of benzene rings is 1. The summed E-state index contributed by atoms with van der Waals surface area (Å²) in [5.74, 6) is -1.11. The third-order valence-corrected chi connectivity index (χ3v) is 2.54. The van der Waals surface area contributed by atoms with Crippen LogP contribution in [0.4, 0.5) is 10.1 Å². The van der Waals surface area contributed by atoms with Crippen molar-refractivity contribution in [3.63, 3.8) is 0 Å². The van der Waals surface area contributed by atoms with Crippen molar-refractivity contribution in [2.24, 2.45) is 5.10 Å². The third kappa shape index (κ3) is 4.32. The van der Waals surface area contributed by atoms with Gasteiger partial charge in [0.1, 0.15) is 5.82 Å². The van der Waals surface area contributed by atoms with E-state index in [0.29, 0.717) is 10.2 Å². The maximum atomic E-state index is 12.8. The van der Waals surface area contributed by atoms with Crippen LogP contribution in [0.2, 0.25) is 0 Å². The first-order valence-corrected chi connectivity index (χ1v) is 5.83. The topological polar surface area (TPSA) is 50.7 Å². The van der Waals surface area contributed by atoms with Crippen molar-refractivity contribution in [1.82, 2.24) is 0 Å². The minimum absolute atomic E-state index is 0.213. The largest absolute Gasteiger partial charge is 0.461 e. The van der Waals surface area contributed by atoms with Gasteiger partial charge in [-0.25, -0.2) is 9.18 Å². The Morgan fingerprint density at radius 3 is 2.94 bits per heavy atom. The highest BCUT2D eigenvalue weighted by molar-refractivity contribution is 9.10.